The van der Waals surface area contributed by atoms with E-state index in [1.165, 1.54) is 5.56 Å². The summed E-state index contributed by atoms with van der Waals surface area (Å²) in [7, 11) is 1.66. The molecule has 2 heterocycles. The number of hydrogen-bond donors (Lipinski definition) is 0. The van der Waals surface area contributed by atoms with E-state index in [4.69, 9.17) is 9.72 Å². The van der Waals surface area contributed by atoms with Crippen LogP contribution in [0.5, 0.6) is 5.75 Å². The smallest absolute Gasteiger partial charge is 0.259 e. The number of aryl methyl sites for hydroxylation is 1. The second kappa shape index (κ2) is 8.09. The molecule has 1 aliphatic rings. The Morgan fingerprint density at radius 1 is 1.03 bits per heavy atom. The molecule has 29 heavy (non-hydrogen) atoms. The zero-order chi connectivity index (χ0) is 20.4. The van der Waals surface area contributed by atoms with Gasteiger partial charge in [-0.15, -0.1) is 0 Å². The molecule has 6 heteroatoms. The van der Waals surface area contributed by atoms with Crippen molar-refractivity contribution in [3.05, 3.63) is 81.8 Å². The average molecular weight is 390 g/mol. The summed E-state index contributed by atoms with van der Waals surface area (Å²) in [4.78, 5) is 22.4. The molecular formula is C23H26N4O2. The van der Waals surface area contributed by atoms with Crippen molar-refractivity contribution in [1.29, 1.82) is 0 Å². The van der Waals surface area contributed by atoms with E-state index in [1.54, 1.807) is 11.7 Å². The van der Waals surface area contributed by atoms with Crippen LogP contribution in [0.3, 0.4) is 0 Å². The number of rotatable bonds is 5. The molecule has 0 radical (unpaired) electrons. The number of methoxy groups -OCH3 is 1. The van der Waals surface area contributed by atoms with Gasteiger partial charge in [0.1, 0.15) is 5.75 Å². The highest BCUT2D eigenvalue weighted by molar-refractivity contribution is 5.59. The zero-order valence-corrected chi connectivity index (χ0v) is 17.1. The van der Waals surface area contributed by atoms with Crippen LogP contribution in [0.25, 0.3) is 0 Å². The van der Waals surface area contributed by atoms with E-state index in [9.17, 15) is 4.79 Å². The minimum atomic E-state index is 0.0475. The van der Waals surface area contributed by atoms with Gasteiger partial charge in [-0.1, -0.05) is 37.3 Å². The monoisotopic (exact) mass is 390 g/mol. The fraction of sp³-hybridized carbons (Fsp3) is 0.304. The van der Waals surface area contributed by atoms with Gasteiger partial charge in [-0.25, -0.2) is 4.98 Å². The van der Waals surface area contributed by atoms with Crippen molar-refractivity contribution < 1.29 is 4.74 Å². The minimum absolute atomic E-state index is 0.0475. The summed E-state index contributed by atoms with van der Waals surface area (Å²) >= 11 is 0. The fourth-order valence-electron chi connectivity index (χ4n) is 3.84. The van der Waals surface area contributed by atoms with Crippen LogP contribution in [-0.4, -0.2) is 28.2 Å². The van der Waals surface area contributed by atoms with E-state index in [2.05, 4.69) is 21.9 Å². The van der Waals surface area contributed by atoms with Crippen LogP contribution in [0, 0.1) is 6.92 Å². The van der Waals surface area contributed by atoms with Crippen molar-refractivity contribution in [2.24, 2.45) is 0 Å². The highest BCUT2D eigenvalue weighted by Crippen LogP contribution is 2.29. The second-order valence-corrected chi connectivity index (χ2v) is 7.29. The second-order valence-electron chi connectivity index (χ2n) is 7.29. The molecule has 0 bridgehead atoms. The van der Waals surface area contributed by atoms with E-state index in [0.717, 1.165) is 29.2 Å². The molecule has 150 valence electrons. The predicted molar refractivity (Wildman–Crippen MR) is 115 cm³/mol. The lowest BCUT2D eigenvalue weighted by molar-refractivity contribution is 0.189. The standard InChI is InChI=1S/C23H26N4O2/c1-4-21-17(2)24-23-26(19-10-12-20(29-3)13-11-19)15-25(16-27(23)22(21)28)14-18-8-6-5-7-9-18/h5-13H,4,14-16H2,1-3H3. The summed E-state index contributed by atoms with van der Waals surface area (Å²) in [6.07, 6.45) is 0.680. The van der Waals surface area contributed by atoms with Crippen LogP contribution in [0.15, 0.2) is 59.4 Å². The molecule has 0 fully saturated rings. The maximum atomic E-state index is 13.2. The first kappa shape index (κ1) is 19.2. The lowest BCUT2D eigenvalue weighted by Gasteiger charge is -2.38. The Bertz CT molecular complexity index is 1040. The van der Waals surface area contributed by atoms with Crippen molar-refractivity contribution in [2.75, 3.05) is 18.7 Å². The van der Waals surface area contributed by atoms with E-state index < -0.39 is 0 Å². The van der Waals surface area contributed by atoms with Gasteiger partial charge in [0.05, 0.1) is 20.4 Å². The van der Waals surface area contributed by atoms with Gasteiger partial charge < -0.3 is 4.74 Å². The van der Waals surface area contributed by atoms with Crippen molar-refractivity contribution in [2.45, 2.75) is 33.5 Å². The third-order valence-corrected chi connectivity index (χ3v) is 5.36. The van der Waals surface area contributed by atoms with Gasteiger partial charge >= 0.3 is 0 Å². The highest BCUT2D eigenvalue weighted by Gasteiger charge is 2.27. The molecule has 0 atom stereocenters. The number of hydrogen-bond acceptors (Lipinski definition) is 5. The first-order chi connectivity index (χ1) is 14.1. The molecule has 1 aromatic heterocycles. The van der Waals surface area contributed by atoms with Crippen LogP contribution >= 0.6 is 0 Å². The van der Waals surface area contributed by atoms with Gasteiger partial charge in [0.15, 0.2) is 0 Å². The summed E-state index contributed by atoms with van der Waals surface area (Å²) in [5.74, 6) is 1.49. The summed E-state index contributed by atoms with van der Waals surface area (Å²) in [6, 6.07) is 18.2. The lowest BCUT2D eigenvalue weighted by atomic mass is 10.2. The first-order valence-electron chi connectivity index (χ1n) is 9.89. The summed E-state index contributed by atoms with van der Waals surface area (Å²) < 4.78 is 7.09. The molecule has 0 unspecified atom stereocenters. The molecule has 0 aliphatic carbocycles. The summed E-state index contributed by atoms with van der Waals surface area (Å²) in [5, 5.41) is 0. The van der Waals surface area contributed by atoms with Crippen molar-refractivity contribution >= 4 is 11.6 Å². The van der Waals surface area contributed by atoms with Crippen LogP contribution < -0.4 is 15.2 Å². The summed E-state index contributed by atoms with van der Waals surface area (Å²) in [6.45, 7) is 5.86. The number of aromatic nitrogens is 2. The average Bonchev–Trinajstić information content (AvgIpc) is 2.75. The fourth-order valence-corrected chi connectivity index (χ4v) is 3.84. The van der Waals surface area contributed by atoms with Crippen LogP contribution in [0.1, 0.15) is 23.7 Å². The Hall–Kier alpha value is -3.12. The Labute approximate surface area is 171 Å². The lowest BCUT2D eigenvalue weighted by Crippen LogP contribution is -2.47. The Balaban J connectivity index is 1.77. The molecule has 2 aromatic carbocycles. The maximum absolute atomic E-state index is 13.2. The van der Waals surface area contributed by atoms with Gasteiger partial charge in [-0.2, -0.15) is 0 Å². The minimum Gasteiger partial charge on any atom is -0.497 e. The number of anilines is 2. The van der Waals surface area contributed by atoms with E-state index in [0.29, 0.717) is 25.7 Å². The van der Waals surface area contributed by atoms with Gasteiger partial charge in [-0.3, -0.25) is 19.2 Å². The third-order valence-electron chi connectivity index (χ3n) is 5.36. The van der Waals surface area contributed by atoms with Gasteiger partial charge in [-0.05, 0) is 43.2 Å². The van der Waals surface area contributed by atoms with E-state index in [-0.39, 0.29) is 5.56 Å². The highest BCUT2D eigenvalue weighted by atomic mass is 16.5. The van der Waals surface area contributed by atoms with E-state index in [1.807, 2.05) is 56.3 Å². The topological polar surface area (TPSA) is 50.6 Å². The maximum Gasteiger partial charge on any atom is 0.259 e. The summed E-state index contributed by atoms with van der Waals surface area (Å²) in [5.41, 5.74) is 3.83. The first-order valence-corrected chi connectivity index (χ1v) is 9.89. The van der Waals surface area contributed by atoms with Crippen LogP contribution in [0.4, 0.5) is 11.6 Å². The molecule has 0 amide bonds. The number of benzene rings is 2. The molecule has 0 saturated carbocycles. The third kappa shape index (κ3) is 3.76. The Kier molecular flexibility index (Phi) is 5.36. The predicted octanol–water partition coefficient (Wildman–Crippen LogP) is 3.69. The van der Waals surface area contributed by atoms with Crippen molar-refractivity contribution in [1.82, 2.24) is 14.5 Å². The van der Waals surface area contributed by atoms with Gasteiger partial charge in [0.25, 0.3) is 5.56 Å². The zero-order valence-electron chi connectivity index (χ0n) is 17.1. The van der Waals surface area contributed by atoms with Crippen LogP contribution in [0.2, 0.25) is 0 Å². The van der Waals surface area contributed by atoms with Crippen LogP contribution in [-0.2, 0) is 19.6 Å². The quantitative estimate of drug-likeness (QED) is 0.665. The van der Waals surface area contributed by atoms with Gasteiger partial charge in [0.2, 0.25) is 5.95 Å². The van der Waals surface area contributed by atoms with Crippen molar-refractivity contribution in [3.8, 4) is 5.75 Å². The molecule has 4 rings (SSSR count). The van der Waals surface area contributed by atoms with Crippen molar-refractivity contribution in [3.63, 3.8) is 0 Å². The number of fused-ring (bicyclic) bond motifs is 1. The van der Waals surface area contributed by atoms with E-state index >= 15 is 0 Å². The molecule has 3 aromatic rings. The van der Waals surface area contributed by atoms with Gasteiger partial charge in [0, 0.05) is 23.5 Å². The molecule has 1 aliphatic heterocycles. The molecule has 0 spiro atoms. The molecule has 0 N–H and O–H groups in total. The number of nitrogens with zero attached hydrogens (tertiary/aromatic N) is 4. The molecule has 0 saturated heterocycles. The molecule has 6 nitrogen and oxygen atoms in total. The SMILES string of the molecule is CCc1c(C)nc2n(c1=O)CN(Cc1ccccc1)CN2c1ccc(OC)cc1. The normalized spacial score (nSPS) is 14.0. The Morgan fingerprint density at radius 2 is 1.76 bits per heavy atom. The molecular weight excluding hydrogens is 364 g/mol. The largest absolute Gasteiger partial charge is 0.497 e. The number of ether oxygens (including phenoxy) is 1. The Morgan fingerprint density at radius 3 is 2.41 bits per heavy atom.